The third-order valence-corrected chi connectivity index (χ3v) is 3.54. The number of nitrogens with zero attached hydrogens (tertiary/aromatic N) is 1. The van der Waals surface area contributed by atoms with Crippen LogP contribution < -0.4 is 10.9 Å². The van der Waals surface area contributed by atoms with Gasteiger partial charge < -0.3 is 9.88 Å². The Morgan fingerprint density at radius 1 is 1.14 bits per heavy atom. The maximum absolute atomic E-state index is 12.6. The smallest absolute Gasteiger partial charge is 0.382 e. The van der Waals surface area contributed by atoms with Crippen LogP contribution in [0.5, 0.6) is 0 Å². The Labute approximate surface area is 127 Å². The molecule has 0 aliphatic carbocycles. The van der Waals surface area contributed by atoms with Crippen LogP contribution in [0.3, 0.4) is 0 Å². The first kappa shape index (κ1) is 15.6. The summed E-state index contributed by atoms with van der Waals surface area (Å²) in [5.41, 5.74) is -0.475. The summed E-state index contributed by atoms with van der Waals surface area (Å²) in [5, 5.41) is 3.06. The van der Waals surface area contributed by atoms with Crippen LogP contribution in [0.2, 0.25) is 0 Å². The minimum absolute atomic E-state index is 0.143. The highest BCUT2D eigenvalue weighted by molar-refractivity contribution is 9.10. The molecule has 0 aliphatic rings. The summed E-state index contributed by atoms with van der Waals surface area (Å²) in [7, 11) is 0. The molecule has 0 unspecified atom stereocenters. The Balaban J connectivity index is 2.07. The van der Waals surface area contributed by atoms with Crippen LogP contribution >= 0.6 is 15.9 Å². The van der Waals surface area contributed by atoms with Crippen molar-refractivity contribution < 1.29 is 13.2 Å². The molecule has 1 aromatic carbocycles. The monoisotopic (exact) mass is 360 g/mol. The Hall–Kier alpha value is -1.76. The van der Waals surface area contributed by atoms with Crippen molar-refractivity contribution in [2.45, 2.75) is 12.7 Å². The normalized spacial score (nSPS) is 11.4. The van der Waals surface area contributed by atoms with Crippen molar-refractivity contribution in [1.29, 1.82) is 0 Å². The highest BCUT2D eigenvalue weighted by Gasteiger charge is 2.30. The summed E-state index contributed by atoms with van der Waals surface area (Å²) in [4.78, 5) is 11.6. The SMILES string of the molecule is O=c1ccc(C(F)(F)F)cn1CCNc1ccccc1Br. The quantitative estimate of drug-likeness (QED) is 0.900. The molecule has 0 saturated carbocycles. The lowest BCUT2D eigenvalue weighted by Gasteiger charge is -2.12. The molecule has 1 N–H and O–H groups in total. The lowest BCUT2D eigenvalue weighted by Crippen LogP contribution is -2.24. The second-order valence-corrected chi connectivity index (χ2v) is 5.21. The number of halogens is 4. The van der Waals surface area contributed by atoms with E-state index in [2.05, 4.69) is 21.2 Å². The molecule has 0 atom stereocenters. The van der Waals surface area contributed by atoms with Crippen molar-refractivity contribution in [3.05, 3.63) is 63.0 Å². The molecule has 3 nitrogen and oxygen atoms in total. The predicted octanol–water partition coefficient (Wildman–Crippen LogP) is 3.74. The summed E-state index contributed by atoms with van der Waals surface area (Å²) < 4.78 is 39.7. The van der Waals surface area contributed by atoms with Crippen molar-refractivity contribution in [1.82, 2.24) is 4.57 Å². The number of alkyl halides is 3. The largest absolute Gasteiger partial charge is 0.417 e. The number of anilines is 1. The Morgan fingerprint density at radius 3 is 2.52 bits per heavy atom. The fraction of sp³-hybridized carbons (Fsp3) is 0.214. The van der Waals surface area contributed by atoms with E-state index in [1.54, 1.807) is 0 Å². The number of pyridine rings is 1. The number of nitrogens with one attached hydrogen (secondary N) is 1. The molecule has 1 aromatic heterocycles. The topological polar surface area (TPSA) is 34.0 Å². The van der Waals surface area contributed by atoms with Gasteiger partial charge in [-0.15, -0.1) is 0 Å². The van der Waals surface area contributed by atoms with Gasteiger partial charge in [-0.2, -0.15) is 13.2 Å². The highest BCUT2D eigenvalue weighted by Crippen LogP contribution is 2.28. The number of aromatic nitrogens is 1. The molecule has 0 spiro atoms. The fourth-order valence-electron chi connectivity index (χ4n) is 1.79. The molecule has 0 saturated heterocycles. The van der Waals surface area contributed by atoms with Crippen molar-refractivity contribution in [2.75, 3.05) is 11.9 Å². The Bertz CT molecular complexity index is 682. The van der Waals surface area contributed by atoms with Crippen LogP contribution in [0.25, 0.3) is 0 Å². The van der Waals surface area contributed by atoms with Crippen LogP contribution in [0.1, 0.15) is 5.56 Å². The van der Waals surface area contributed by atoms with Gasteiger partial charge in [-0.05, 0) is 34.1 Å². The summed E-state index contributed by atoms with van der Waals surface area (Å²) >= 11 is 3.36. The maximum Gasteiger partial charge on any atom is 0.417 e. The zero-order valence-corrected chi connectivity index (χ0v) is 12.4. The molecule has 0 amide bonds. The van der Waals surface area contributed by atoms with Crippen LogP contribution in [-0.4, -0.2) is 11.1 Å². The number of hydrogen-bond donors (Lipinski definition) is 1. The van der Waals surface area contributed by atoms with E-state index in [1.807, 2.05) is 24.3 Å². The van der Waals surface area contributed by atoms with Gasteiger partial charge in [0.15, 0.2) is 0 Å². The second kappa shape index (κ2) is 6.34. The minimum atomic E-state index is -4.45. The van der Waals surface area contributed by atoms with Crippen LogP contribution in [0, 0.1) is 0 Å². The second-order valence-electron chi connectivity index (χ2n) is 4.35. The maximum atomic E-state index is 12.6. The lowest BCUT2D eigenvalue weighted by molar-refractivity contribution is -0.138. The van der Waals surface area contributed by atoms with Gasteiger partial charge in [-0.1, -0.05) is 12.1 Å². The average Bonchev–Trinajstić information content (AvgIpc) is 2.41. The third-order valence-electron chi connectivity index (χ3n) is 2.85. The molecular weight excluding hydrogens is 349 g/mol. The van der Waals surface area contributed by atoms with Gasteiger partial charge in [0.1, 0.15) is 0 Å². The van der Waals surface area contributed by atoms with Crippen molar-refractivity contribution in [2.24, 2.45) is 0 Å². The molecule has 21 heavy (non-hydrogen) atoms. The summed E-state index contributed by atoms with van der Waals surface area (Å²) in [6.07, 6.45) is -3.62. The number of hydrogen-bond acceptors (Lipinski definition) is 2. The zero-order valence-electron chi connectivity index (χ0n) is 10.8. The van der Waals surface area contributed by atoms with E-state index in [-0.39, 0.29) is 6.54 Å². The average molecular weight is 361 g/mol. The summed E-state index contributed by atoms with van der Waals surface area (Å²) in [5.74, 6) is 0. The first-order chi connectivity index (χ1) is 9.88. The molecule has 0 fully saturated rings. The minimum Gasteiger partial charge on any atom is -0.382 e. The van der Waals surface area contributed by atoms with Gasteiger partial charge >= 0.3 is 6.18 Å². The van der Waals surface area contributed by atoms with Gasteiger partial charge in [-0.25, -0.2) is 0 Å². The molecule has 1 heterocycles. The van der Waals surface area contributed by atoms with Crippen LogP contribution in [0.4, 0.5) is 18.9 Å². The molecule has 0 bridgehead atoms. The predicted molar refractivity (Wildman–Crippen MR) is 78.3 cm³/mol. The molecule has 112 valence electrons. The zero-order chi connectivity index (χ0) is 15.5. The summed E-state index contributed by atoms with van der Waals surface area (Å²) in [6.45, 7) is 0.480. The van der Waals surface area contributed by atoms with E-state index in [9.17, 15) is 18.0 Å². The standard InChI is InChI=1S/C14H12BrF3N2O/c15-11-3-1-2-4-12(11)19-7-8-20-9-10(14(16,17)18)5-6-13(20)21/h1-6,9,19H,7-8H2. The van der Waals surface area contributed by atoms with E-state index in [1.165, 1.54) is 0 Å². The molecule has 0 radical (unpaired) electrons. The Kier molecular flexibility index (Phi) is 4.72. The molecule has 2 aromatic rings. The van der Waals surface area contributed by atoms with E-state index in [0.29, 0.717) is 6.54 Å². The third kappa shape index (κ3) is 4.10. The van der Waals surface area contributed by atoms with Crippen molar-refractivity contribution in [3.8, 4) is 0 Å². The molecule has 0 aliphatic heterocycles. The fourth-order valence-corrected chi connectivity index (χ4v) is 2.21. The number of benzene rings is 1. The number of para-hydroxylation sites is 1. The van der Waals surface area contributed by atoms with E-state index >= 15 is 0 Å². The van der Waals surface area contributed by atoms with Gasteiger partial charge in [-0.3, -0.25) is 4.79 Å². The Morgan fingerprint density at radius 2 is 1.86 bits per heavy atom. The number of rotatable bonds is 4. The van der Waals surface area contributed by atoms with E-state index < -0.39 is 17.3 Å². The molecular formula is C14H12BrF3N2O. The first-order valence-corrected chi connectivity index (χ1v) is 6.93. The molecule has 7 heteroatoms. The first-order valence-electron chi connectivity index (χ1n) is 6.14. The van der Waals surface area contributed by atoms with Gasteiger partial charge in [0.2, 0.25) is 0 Å². The van der Waals surface area contributed by atoms with Crippen molar-refractivity contribution >= 4 is 21.6 Å². The van der Waals surface area contributed by atoms with Gasteiger partial charge in [0, 0.05) is 35.5 Å². The van der Waals surface area contributed by atoms with Crippen molar-refractivity contribution in [3.63, 3.8) is 0 Å². The highest BCUT2D eigenvalue weighted by atomic mass is 79.9. The van der Waals surface area contributed by atoms with E-state index in [4.69, 9.17) is 0 Å². The lowest BCUT2D eigenvalue weighted by atomic mass is 10.2. The van der Waals surface area contributed by atoms with Crippen LogP contribution in [0.15, 0.2) is 51.9 Å². The van der Waals surface area contributed by atoms with Gasteiger partial charge in [0.05, 0.1) is 5.56 Å². The van der Waals surface area contributed by atoms with Gasteiger partial charge in [0.25, 0.3) is 5.56 Å². The summed E-state index contributed by atoms with van der Waals surface area (Å²) in [6, 6.07) is 9.09. The molecule has 2 rings (SSSR count). The van der Waals surface area contributed by atoms with Crippen LogP contribution in [-0.2, 0) is 12.7 Å². The van der Waals surface area contributed by atoms with E-state index in [0.717, 1.165) is 33.1 Å².